The highest BCUT2D eigenvalue weighted by molar-refractivity contribution is 5.60. The second-order valence-corrected chi connectivity index (χ2v) is 3.77. The molecule has 1 aliphatic rings. The van der Waals surface area contributed by atoms with Crippen molar-refractivity contribution in [3.63, 3.8) is 0 Å². The molecule has 1 N–H and O–H groups in total. The van der Waals surface area contributed by atoms with Crippen molar-refractivity contribution >= 4 is 5.69 Å². The summed E-state index contributed by atoms with van der Waals surface area (Å²) >= 11 is 0. The van der Waals surface area contributed by atoms with Crippen molar-refractivity contribution < 1.29 is 0 Å². The molecular weight excluding hydrogens is 172 g/mol. The predicted molar refractivity (Wildman–Crippen MR) is 60.8 cm³/mol. The summed E-state index contributed by atoms with van der Waals surface area (Å²) in [6, 6.07) is 6.64. The van der Waals surface area contributed by atoms with Gasteiger partial charge in [-0.3, -0.25) is 0 Å². The molecule has 2 nitrogen and oxygen atoms in total. The minimum absolute atomic E-state index is 0.987. The van der Waals surface area contributed by atoms with E-state index < -0.39 is 0 Å². The number of rotatable bonds is 3. The molecule has 2 rings (SSSR count). The molecule has 14 heavy (non-hydrogen) atoms. The minimum Gasteiger partial charge on any atom is -0.371 e. The molecule has 1 aliphatic heterocycles. The van der Waals surface area contributed by atoms with Gasteiger partial charge in [-0.15, -0.1) is 0 Å². The molecule has 1 aromatic carbocycles. The van der Waals surface area contributed by atoms with Crippen LogP contribution in [0.1, 0.15) is 18.1 Å². The van der Waals surface area contributed by atoms with E-state index in [1.807, 2.05) is 7.05 Å². The molecule has 0 saturated heterocycles. The van der Waals surface area contributed by atoms with Crippen LogP contribution in [0.5, 0.6) is 0 Å². The van der Waals surface area contributed by atoms with Gasteiger partial charge in [0, 0.05) is 25.3 Å². The molecule has 0 fully saturated rings. The lowest BCUT2D eigenvalue weighted by atomic mass is 10.1. The van der Waals surface area contributed by atoms with Gasteiger partial charge in [0.2, 0.25) is 0 Å². The van der Waals surface area contributed by atoms with E-state index in [9.17, 15) is 0 Å². The zero-order valence-electron chi connectivity index (χ0n) is 9.01. The molecule has 1 heterocycles. The van der Waals surface area contributed by atoms with Crippen molar-refractivity contribution in [2.24, 2.45) is 0 Å². The maximum Gasteiger partial charge on any atom is 0.0402 e. The number of nitrogens with one attached hydrogen (secondary N) is 1. The number of hydrogen-bond acceptors (Lipinski definition) is 2. The Morgan fingerprint density at radius 1 is 1.43 bits per heavy atom. The van der Waals surface area contributed by atoms with E-state index in [0.717, 1.165) is 13.1 Å². The Labute approximate surface area is 85.9 Å². The summed E-state index contributed by atoms with van der Waals surface area (Å²) in [4.78, 5) is 2.45. The first-order valence-corrected chi connectivity index (χ1v) is 5.37. The van der Waals surface area contributed by atoms with E-state index >= 15 is 0 Å². The van der Waals surface area contributed by atoms with Crippen molar-refractivity contribution in [2.75, 3.05) is 25.0 Å². The fourth-order valence-electron chi connectivity index (χ4n) is 2.26. The van der Waals surface area contributed by atoms with E-state index in [1.165, 1.54) is 24.2 Å². The summed E-state index contributed by atoms with van der Waals surface area (Å²) in [7, 11) is 2.01. The van der Waals surface area contributed by atoms with E-state index in [1.54, 1.807) is 5.56 Å². The van der Waals surface area contributed by atoms with Gasteiger partial charge in [-0.2, -0.15) is 0 Å². The summed E-state index contributed by atoms with van der Waals surface area (Å²) in [5, 5.41) is 3.23. The topological polar surface area (TPSA) is 15.3 Å². The first-order chi connectivity index (χ1) is 6.86. The van der Waals surface area contributed by atoms with Gasteiger partial charge in [0.25, 0.3) is 0 Å². The van der Waals surface area contributed by atoms with Crippen LogP contribution in [0.2, 0.25) is 0 Å². The number of benzene rings is 1. The lowest BCUT2D eigenvalue weighted by molar-refractivity contribution is 0.807. The van der Waals surface area contributed by atoms with Crippen LogP contribution in [0.15, 0.2) is 18.2 Å². The second-order valence-electron chi connectivity index (χ2n) is 3.77. The lowest BCUT2D eigenvalue weighted by Crippen LogP contribution is -2.19. The first kappa shape index (κ1) is 9.53. The van der Waals surface area contributed by atoms with Gasteiger partial charge in [-0.05, 0) is 37.6 Å². The first-order valence-electron chi connectivity index (χ1n) is 5.37. The highest BCUT2D eigenvalue weighted by atomic mass is 15.1. The molecule has 0 radical (unpaired) electrons. The summed E-state index contributed by atoms with van der Waals surface area (Å²) in [5.41, 5.74) is 4.45. The Morgan fingerprint density at radius 2 is 2.29 bits per heavy atom. The van der Waals surface area contributed by atoms with E-state index in [0.29, 0.717) is 0 Å². The summed E-state index contributed by atoms with van der Waals surface area (Å²) < 4.78 is 0. The van der Waals surface area contributed by atoms with Crippen LogP contribution in [0, 0.1) is 0 Å². The number of hydrogen-bond donors (Lipinski definition) is 1. The highest BCUT2D eigenvalue weighted by Crippen LogP contribution is 2.30. The molecule has 0 amide bonds. The molecule has 0 saturated carbocycles. The molecule has 0 unspecified atom stereocenters. The Bertz CT molecular complexity index is 320. The molecular formula is C12H18N2. The molecule has 0 aliphatic carbocycles. The van der Waals surface area contributed by atoms with Crippen molar-refractivity contribution in [1.82, 2.24) is 5.32 Å². The van der Waals surface area contributed by atoms with Gasteiger partial charge < -0.3 is 10.2 Å². The highest BCUT2D eigenvalue weighted by Gasteiger charge is 2.19. The van der Waals surface area contributed by atoms with Crippen LogP contribution in [0.3, 0.4) is 0 Å². The fraction of sp³-hybridized carbons (Fsp3) is 0.500. The van der Waals surface area contributed by atoms with Gasteiger partial charge in [-0.25, -0.2) is 0 Å². The Hall–Kier alpha value is -1.02. The Balaban J connectivity index is 2.34. The smallest absolute Gasteiger partial charge is 0.0402 e. The standard InChI is InChI=1S/C12H18N2/c1-3-14-8-7-11-10(9-13-2)5-4-6-12(11)14/h4-6,13H,3,7-9H2,1-2H3. The van der Waals surface area contributed by atoms with Gasteiger partial charge >= 0.3 is 0 Å². The van der Waals surface area contributed by atoms with Gasteiger partial charge in [-0.1, -0.05) is 12.1 Å². The number of anilines is 1. The van der Waals surface area contributed by atoms with Crippen molar-refractivity contribution in [3.05, 3.63) is 29.3 Å². The van der Waals surface area contributed by atoms with Crippen molar-refractivity contribution in [3.8, 4) is 0 Å². The molecule has 76 valence electrons. The van der Waals surface area contributed by atoms with E-state index in [-0.39, 0.29) is 0 Å². The van der Waals surface area contributed by atoms with Gasteiger partial charge in [0.15, 0.2) is 0 Å². The van der Waals surface area contributed by atoms with Crippen LogP contribution in [-0.4, -0.2) is 20.1 Å². The zero-order valence-corrected chi connectivity index (χ0v) is 9.01. The zero-order chi connectivity index (χ0) is 9.97. The third kappa shape index (κ3) is 1.50. The monoisotopic (exact) mass is 190 g/mol. The van der Waals surface area contributed by atoms with Gasteiger partial charge in [0.05, 0.1) is 0 Å². The number of fused-ring (bicyclic) bond motifs is 1. The maximum absolute atomic E-state index is 3.23. The third-order valence-corrected chi connectivity index (χ3v) is 2.97. The van der Waals surface area contributed by atoms with E-state index in [4.69, 9.17) is 0 Å². The molecule has 0 spiro atoms. The van der Waals surface area contributed by atoms with Crippen molar-refractivity contribution in [2.45, 2.75) is 19.9 Å². The van der Waals surface area contributed by atoms with Gasteiger partial charge in [0.1, 0.15) is 0 Å². The molecule has 2 heteroatoms. The van der Waals surface area contributed by atoms with Crippen LogP contribution in [-0.2, 0) is 13.0 Å². The average molecular weight is 190 g/mol. The molecule has 0 bridgehead atoms. The number of nitrogens with zero attached hydrogens (tertiary/aromatic N) is 1. The normalized spacial score (nSPS) is 14.6. The third-order valence-electron chi connectivity index (χ3n) is 2.97. The van der Waals surface area contributed by atoms with Crippen molar-refractivity contribution in [1.29, 1.82) is 0 Å². The Kier molecular flexibility index (Phi) is 2.73. The van der Waals surface area contributed by atoms with Crippen LogP contribution in [0.4, 0.5) is 5.69 Å². The maximum atomic E-state index is 3.23. The summed E-state index contributed by atoms with van der Waals surface area (Å²) in [6.07, 6.45) is 1.21. The molecule has 0 atom stereocenters. The largest absolute Gasteiger partial charge is 0.371 e. The quantitative estimate of drug-likeness (QED) is 0.781. The lowest BCUT2D eigenvalue weighted by Gasteiger charge is -2.17. The molecule has 1 aromatic rings. The van der Waals surface area contributed by atoms with Crippen LogP contribution in [0.25, 0.3) is 0 Å². The predicted octanol–water partition coefficient (Wildman–Crippen LogP) is 1.79. The molecule has 0 aromatic heterocycles. The summed E-state index contributed by atoms with van der Waals surface area (Å²) in [6.45, 7) is 5.52. The second kappa shape index (κ2) is 4.01. The van der Waals surface area contributed by atoms with Crippen LogP contribution < -0.4 is 10.2 Å². The number of likely N-dealkylation sites (N-methyl/N-ethyl adjacent to an activating group) is 1. The van der Waals surface area contributed by atoms with Crippen LogP contribution >= 0.6 is 0 Å². The SMILES string of the molecule is CCN1CCc2c(CNC)cccc21. The average Bonchev–Trinajstić information content (AvgIpc) is 2.62. The minimum atomic E-state index is 0.987. The summed E-state index contributed by atoms with van der Waals surface area (Å²) in [5.74, 6) is 0. The fourth-order valence-corrected chi connectivity index (χ4v) is 2.26. The van der Waals surface area contributed by atoms with E-state index in [2.05, 4.69) is 35.3 Å². The Morgan fingerprint density at radius 3 is 3.00 bits per heavy atom.